The maximum Gasteiger partial charge on any atom is 0.251 e. The van der Waals surface area contributed by atoms with E-state index in [2.05, 4.69) is 5.32 Å². The summed E-state index contributed by atoms with van der Waals surface area (Å²) in [6, 6.07) is 8.19. The van der Waals surface area contributed by atoms with E-state index in [1.807, 2.05) is 13.0 Å². The summed E-state index contributed by atoms with van der Waals surface area (Å²) < 4.78 is 13.3. The predicted octanol–water partition coefficient (Wildman–Crippen LogP) is 3.74. The number of rotatable bonds is 1. The Morgan fingerprint density at radius 2 is 1.90 bits per heavy atom. The zero-order valence-corrected chi connectivity index (χ0v) is 11.7. The predicted molar refractivity (Wildman–Crippen MR) is 77.6 cm³/mol. The third-order valence-corrected chi connectivity index (χ3v) is 3.82. The van der Waals surface area contributed by atoms with E-state index in [-0.39, 0.29) is 11.7 Å². The van der Waals surface area contributed by atoms with Crippen LogP contribution >= 0.6 is 11.6 Å². The summed E-state index contributed by atoms with van der Waals surface area (Å²) in [4.78, 5) is 11.9. The van der Waals surface area contributed by atoms with Gasteiger partial charge in [-0.25, -0.2) is 4.39 Å². The second-order valence-corrected chi connectivity index (χ2v) is 5.38. The van der Waals surface area contributed by atoms with E-state index in [1.165, 1.54) is 12.1 Å². The molecule has 0 aliphatic carbocycles. The molecule has 4 heteroatoms. The molecule has 1 heterocycles. The highest BCUT2D eigenvalue weighted by atomic mass is 35.5. The molecule has 2 nitrogen and oxygen atoms in total. The van der Waals surface area contributed by atoms with Crippen molar-refractivity contribution in [2.24, 2.45) is 0 Å². The van der Waals surface area contributed by atoms with Crippen molar-refractivity contribution >= 4 is 17.5 Å². The van der Waals surface area contributed by atoms with Crippen LogP contribution in [-0.2, 0) is 6.42 Å². The molecule has 0 spiro atoms. The van der Waals surface area contributed by atoms with Crippen molar-refractivity contribution in [3.8, 4) is 11.1 Å². The summed E-state index contributed by atoms with van der Waals surface area (Å²) in [5.74, 6) is -0.366. The van der Waals surface area contributed by atoms with Crippen LogP contribution < -0.4 is 5.32 Å². The molecule has 0 fully saturated rings. The van der Waals surface area contributed by atoms with Crippen LogP contribution in [0.3, 0.4) is 0 Å². The molecule has 0 bridgehead atoms. The van der Waals surface area contributed by atoms with Crippen molar-refractivity contribution in [2.45, 2.75) is 13.3 Å². The van der Waals surface area contributed by atoms with Gasteiger partial charge in [-0.05, 0) is 59.9 Å². The molecule has 0 radical (unpaired) electrons. The number of nitrogens with one attached hydrogen (secondary N) is 1. The van der Waals surface area contributed by atoms with Crippen LogP contribution in [0.25, 0.3) is 11.1 Å². The Morgan fingerprint density at radius 3 is 2.65 bits per heavy atom. The minimum atomic E-state index is -0.264. The van der Waals surface area contributed by atoms with Crippen molar-refractivity contribution in [2.75, 3.05) is 6.54 Å². The highest BCUT2D eigenvalue weighted by Crippen LogP contribution is 2.33. The first-order valence-corrected chi connectivity index (χ1v) is 6.81. The normalized spacial score (nSPS) is 13.8. The van der Waals surface area contributed by atoms with Crippen molar-refractivity contribution in [1.82, 2.24) is 5.32 Å². The van der Waals surface area contributed by atoms with Gasteiger partial charge in [-0.15, -0.1) is 0 Å². The zero-order chi connectivity index (χ0) is 14.3. The van der Waals surface area contributed by atoms with Gasteiger partial charge in [0.2, 0.25) is 0 Å². The Labute approximate surface area is 121 Å². The lowest BCUT2D eigenvalue weighted by Crippen LogP contribution is -2.32. The molecule has 102 valence electrons. The molecule has 3 rings (SSSR count). The third kappa shape index (κ3) is 2.18. The van der Waals surface area contributed by atoms with Crippen molar-refractivity contribution < 1.29 is 9.18 Å². The summed E-state index contributed by atoms with van der Waals surface area (Å²) >= 11 is 6.13. The average molecular weight is 290 g/mol. The quantitative estimate of drug-likeness (QED) is 0.851. The van der Waals surface area contributed by atoms with Crippen LogP contribution in [-0.4, -0.2) is 12.5 Å². The lowest BCUT2D eigenvalue weighted by atomic mass is 9.89. The smallest absolute Gasteiger partial charge is 0.251 e. The van der Waals surface area contributed by atoms with Crippen LogP contribution in [0.1, 0.15) is 21.5 Å². The summed E-state index contributed by atoms with van der Waals surface area (Å²) in [6.07, 6.45) is 0.754. The Morgan fingerprint density at radius 1 is 1.15 bits per heavy atom. The molecular formula is C16H13ClFNO. The Bertz CT molecular complexity index is 712. The van der Waals surface area contributed by atoms with Gasteiger partial charge in [0.25, 0.3) is 5.91 Å². The second kappa shape index (κ2) is 4.91. The van der Waals surface area contributed by atoms with Crippen molar-refractivity contribution in [1.29, 1.82) is 0 Å². The molecular weight excluding hydrogens is 277 g/mol. The van der Waals surface area contributed by atoms with Crippen LogP contribution in [0.5, 0.6) is 0 Å². The molecule has 0 atom stereocenters. The number of hydrogen-bond acceptors (Lipinski definition) is 1. The van der Waals surface area contributed by atoms with Gasteiger partial charge in [-0.1, -0.05) is 17.7 Å². The third-order valence-electron chi connectivity index (χ3n) is 3.60. The van der Waals surface area contributed by atoms with Gasteiger partial charge in [0, 0.05) is 17.1 Å². The SMILES string of the molecule is Cc1cc(F)ccc1-c1cc(Cl)cc2c1CCNC2=O. The fraction of sp³-hybridized carbons (Fsp3) is 0.188. The fourth-order valence-corrected chi connectivity index (χ4v) is 2.89. The average Bonchev–Trinajstić information content (AvgIpc) is 2.39. The summed E-state index contributed by atoms with van der Waals surface area (Å²) in [6.45, 7) is 2.47. The molecule has 0 saturated carbocycles. The van der Waals surface area contributed by atoms with E-state index in [0.717, 1.165) is 28.7 Å². The van der Waals surface area contributed by atoms with E-state index in [4.69, 9.17) is 11.6 Å². The molecule has 2 aromatic carbocycles. The van der Waals surface area contributed by atoms with Gasteiger partial charge in [0.15, 0.2) is 0 Å². The first-order valence-electron chi connectivity index (χ1n) is 6.43. The number of fused-ring (bicyclic) bond motifs is 1. The molecule has 0 saturated heterocycles. The summed E-state index contributed by atoms with van der Waals surface area (Å²) in [5.41, 5.74) is 4.26. The number of benzene rings is 2. The number of amides is 1. The van der Waals surface area contributed by atoms with E-state index >= 15 is 0 Å². The number of carbonyl (C=O) groups excluding carboxylic acids is 1. The van der Waals surface area contributed by atoms with Crippen LogP contribution in [0.2, 0.25) is 5.02 Å². The highest BCUT2D eigenvalue weighted by molar-refractivity contribution is 6.31. The number of carbonyl (C=O) groups is 1. The molecule has 1 aliphatic heterocycles. The van der Waals surface area contributed by atoms with Gasteiger partial charge in [-0.2, -0.15) is 0 Å². The maximum atomic E-state index is 13.3. The van der Waals surface area contributed by atoms with Gasteiger partial charge in [-0.3, -0.25) is 4.79 Å². The molecule has 20 heavy (non-hydrogen) atoms. The van der Waals surface area contributed by atoms with Gasteiger partial charge >= 0.3 is 0 Å². The van der Waals surface area contributed by atoms with Gasteiger partial charge in [0.05, 0.1) is 0 Å². The molecule has 0 aromatic heterocycles. The number of aryl methyl sites for hydroxylation is 1. The second-order valence-electron chi connectivity index (χ2n) is 4.94. The minimum Gasteiger partial charge on any atom is -0.352 e. The number of hydrogen-bond donors (Lipinski definition) is 1. The van der Waals surface area contributed by atoms with Crippen molar-refractivity contribution in [3.05, 3.63) is 57.9 Å². The number of halogens is 2. The monoisotopic (exact) mass is 289 g/mol. The first kappa shape index (κ1) is 13.1. The molecule has 0 unspecified atom stereocenters. The van der Waals surface area contributed by atoms with Gasteiger partial charge < -0.3 is 5.32 Å². The topological polar surface area (TPSA) is 29.1 Å². The zero-order valence-electron chi connectivity index (χ0n) is 11.0. The Kier molecular flexibility index (Phi) is 3.22. The van der Waals surface area contributed by atoms with E-state index < -0.39 is 0 Å². The van der Waals surface area contributed by atoms with Crippen LogP contribution in [0.15, 0.2) is 30.3 Å². The maximum absolute atomic E-state index is 13.3. The van der Waals surface area contributed by atoms with E-state index in [9.17, 15) is 9.18 Å². The fourth-order valence-electron chi connectivity index (χ4n) is 2.67. The standard InChI is InChI=1S/C16H13ClFNO/c1-9-6-11(18)2-3-12(9)14-7-10(17)8-15-13(14)4-5-19-16(15)20/h2-3,6-8H,4-5H2,1H3,(H,19,20). The molecule has 2 aromatic rings. The van der Waals surface area contributed by atoms with E-state index in [1.54, 1.807) is 12.1 Å². The minimum absolute atomic E-state index is 0.102. The van der Waals surface area contributed by atoms with Crippen LogP contribution in [0.4, 0.5) is 4.39 Å². The first-order chi connectivity index (χ1) is 9.56. The van der Waals surface area contributed by atoms with Crippen LogP contribution in [0, 0.1) is 12.7 Å². The summed E-state index contributed by atoms with van der Waals surface area (Å²) in [5, 5.41) is 3.32. The van der Waals surface area contributed by atoms with Gasteiger partial charge in [0.1, 0.15) is 5.82 Å². The molecule has 1 aliphatic rings. The highest BCUT2D eigenvalue weighted by Gasteiger charge is 2.21. The Hall–Kier alpha value is -1.87. The molecule has 1 amide bonds. The lowest BCUT2D eigenvalue weighted by Gasteiger charge is -2.21. The van der Waals surface area contributed by atoms with Crippen molar-refractivity contribution in [3.63, 3.8) is 0 Å². The molecule has 1 N–H and O–H groups in total. The lowest BCUT2D eigenvalue weighted by molar-refractivity contribution is 0.0946. The largest absolute Gasteiger partial charge is 0.352 e. The Balaban J connectivity index is 2.26. The summed E-state index contributed by atoms with van der Waals surface area (Å²) in [7, 11) is 0. The van der Waals surface area contributed by atoms with E-state index in [0.29, 0.717) is 17.1 Å².